The van der Waals surface area contributed by atoms with E-state index in [1.54, 1.807) is 51.5 Å². The number of ether oxygens (including phenoxy) is 2. The van der Waals surface area contributed by atoms with Crippen LogP contribution in [0, 0.1) is 6.92 Å². The van der Waals surface area contributed by atoms with Crippen LogP contribution < -0.4 is 14.2 Å². The topological polar surface area (TPSA) is 81.7 Å². The summed E-state index contributed by atoms with van der Waals surface area (Å²) in [6, 6.07) is 10.1. The molecule has 0 radical (unpaired) electrons. The van der Waals surface area contributed by atoms with E-state index in [1.807, 2.05) is 0 Å². The van der Waals surface area contributed by atoms with Gasteiger partial charge >= 0.3 is 0 Å². The molecule has 1 aliphatic rings. The molecule has 6 nitrogen and oxygen atoms in total. The molecular formula is C19H21NO5S. The molecule has 1 aliphatic carbocycles. The Morgan fingerprint density at radius 3 is 2.50 bits per heavy atom. The Bertz CT molecular complexity index is 952. The van der Waals surface area contributed by atoms with Gasteiger partial charge in [0.25, 0.3) is 10.0 Å². The maximum atomic E-state index is 12.7. The Balaban J connectivity index is 1.89. The van der Waals surface area contributed by atoms with E-state index in [1.165, 1.54) is 6.07 Å². The van der Waals surface area contributed by atoms with Gasteiger partial charge in [-0.15, -0.1) is 0 Å². The highest BCUT2D eigenvalue weighted by molar-refractivity contribution is 7.90. The van der Waals surface area contributed by atoms with Gasteiger partial charge in [0.05, 0.1) is 25.0 Å². The Morgan fingerprint density at radius 1 is 1.12 bits per heavy atom. The van der Waals surface area contributed by atoms with Crippen LogP contribution in [-0.2, 0) is 21.2 Å². The summed E-state index contributed by atoms with van der Waals surface area (Å²) in [5.41, 5.74) is 2.26. The summed E-state index contributed by atoms with van der Waals surface area (Å²) < 4.78 is 38.1. The van der Waals surface area contributed by atoms with Crippen LogP contribution in [-0.4, -0.2) is 28.5 Å². The van der Waals surface area contributed by atoms with E-state index in [9.17, 15) is 13.2 Å². The average Bonchev–Trinajstić information content (AvgIpc) is 3.04. The average molecular weight is 375 g/mol. The Hall–Kier alpha value is -2.54. The molecule has 0 saturated heterocycles. The lowest BCUT2D eigenvalue weighted by molar-refractivity contribution is -0.120. The number of rotatable bonds is 5. The second-order valence-corrected chi connectivity index (χ2v) is 7.85. The van der Waals surface area contributed by atoms with Gasteiger partial charge in [0.15, 0.2) is 11.5 Å². The SMILES string of the molecule is COc1ccc2c(c1OC)CCC2C(=O)NS(=O)(=O)c1ccccc1C. The number of fused-ring (bicyclic) bond motifs is 1. The molecular weight excluding hydrogens is 354 g/mol. The summed E-state index contributed by atoms with van der Waals surface area (Å²) >= 11 is 0. The lowest BCUT2D eigenvalue weighted by Gasteiger charge is -2.15. The van der Waals surface area contributed by atoms with Crippen molar-refractivity contribution in [3.05, 3.63) is 53.1 Å². The normalized spacial score (nSPS) is 16.0. The first-order valence-electron chi connectivity index (χ1n) is 8.25. The third-order valence-corrected chi connectivity index (χ3v) is 6.18. The van der Waals surface area contributed by atoms with Gasteiger partial charge in [-0.2, -0.15) is 0 Å². The van der Waals surface area contributed by atoms with Gasteiger partial charge in [0.2, 0.25) is 5.91 Å². The molecule has 0 aliphatic heterocycles. The van der Waals surface area contributed by atoms with Crippen molar-refractivity contribution in [2.75, 3.05) is 14.2 Å². The quantitative estimate of drug-likeness (QED) is 0.869. The van der Waals surface area contributed by atoms with Gasteiger partial charge in [0.1, 0.15) is 0 Å². The van der Waals surface area contributed by atoms with Crippen molar-refractivity contribution in [1.82, 2.24) is 4.72 Å². The third-order valence-electron chi connectivity index (χ3n) is 4.68. The second kappa shape index (κ2) is 6.99. The van der Waals surface area contributed by atoms with Crippen LogP contribution in [0.1, 0.15) is 29.0 Å². The summed E-state index contributed by atoms with van der Waals surface area (Å²) in [7, 11) is -0.811. The van der Waals surface area contributed by atoms with Crippen LogP contribution in [0.25, 0.3) is 0 Å². The first kappa shape index (κ1) is 18.3. The van der Waals surface area contributed by atoms with E-state index in [2.05, 4.69) is 4.72 Å². The fourth-order valence-corrected chi connectivity index (χ4v) is 4.69. The summed E-state index contributed by atoms with van der Waals surface area (Å²) in [5.74, 6) is 0.129. The van der Waals surface area contributed by atoms with E-state index < -0.39 is 21.8 Å². The second-order valence-electron chi connectivity index (χ2n) is 6.20. The van der Waals surface area contributed by atoms with Gasteiger partial charge < -0.3 is 9.47 Å². The molecule has 26 heavy (non-hydrogen) atoms. The van der Waals surface area contributed by atoms with Gasteiger partial charge in [-0.05, 0) is 43.0 Å². The van der Waals surface area contributed by atoms with E-state index in [0.717, 1.165) is 11.1 Å². The summed E-state index contributed by atoms with van der Waals surface area (Å²) in [4.78, 5) is 12.8. The van der Waals surface area contributed by atoms with Gasteiger partial charge in [-0.1, -0.05) is 24.3 Å². The Morgan fingerprint density at radius 2 is 1.85 bits per heavy atom. The van der Waals surface area contributed by atoms with Crippen LogP contribution in [0.15, 0.2) is 41.3 Å². The predicted molar refractivity (Wildman–Crippen MR) is 97.1 cm³/mol. The molecule has 1 amide bonds. The molecule has 138 valence electrons. The molecule has 1 N–H and O–H groups in total. The molecule has 2 aromatic rings. The monoisotopic (exact) mass is 375 g/mol. The van der Waals surface area contributed by atoms with Crippen molar-refractivity contribution in [2.45, 2.75) is 30.6 Å². The first-order chi connectivity index (χ1) is 12.4. The van der Waals surface area contributed by atoms with Crippen molar-refractivity contribution < 1.29 is 22.7 Å². The molecule has 1 atom stereocenters. The minimum Gasteiger partial charge on any atom is -0.493 e. The van der Waals surface area contributed by atoms with Gasteiger partial charge in [0, 0.05) is 5.56 Å². The molecule has 0 aromatic heterocycles. The van der Waals surface area contributed by atoms with Crippen molar-refractivity contribution in [1.29, 1.82) is 0 Å². The molecule has 7 heteroatoms. The highest BCUT2D eigenvalue weighted by Gasteiger charge is 2.34. The van der Waals surface area contributed by atoms with Crippen LogP contribution >= 0.6 is 0 Å². The number of carbonyl (C=O) groups excluding carboxylic acids is 1. The lowest BCUT2D eigenvalue weighted by Crippen LogP contribution is -2.34. The number of methoxy groups -OCH3 is 2. The van der Waals surface area contributed by atoms with E-state index >= 15 is 0 Å². The van der Waals surface area contributed by atoms with Crippen molar-refractivity contribution >= 4 is 15.9 Å². The molecule has 3 rings (SSSR count). The predicted octanol–water partition coefficient (Wildman–Crippen LogP) is 2.55. The van der Waals surface area contributed by atoms with E-state index in [0.29, 0.717) is 29.9 Å². The molecule has 0 heterocycles. The van der Waals surface area contributed by atoms with Crippen molar-refractivity contribution in [3.8, 4) is 11.5 Å². The zero-order valence-electron chi connectivity index (χ0n) is 14.9. The minimum absolute atomic E-state index is 0.110. The number of sulfonamides is 1. The molecule has 2 aromatic carbocycles. The first-order valence-corrected chi connectivity index (χ1v) is 9.73. The number of hydrogen-bond donors (Lipinski definition) is 1. The summed E-state index contributed by atoms with van der Waals surface area (Å²) in [5, 5.41) is 0. The van der Waals surface area contributed by atoms with Crippen LogP contribution in [0.3, 0.4) is 0 Å². The van der Waals surface area contributed by atoms with Crippen LogP contribution in [0.4, 0.5) is 0 Å². The number of aryl methyl sites for hydroxylation is 1. The lowest BCUT2D eigenvalue weighted by atomic mass is 10.0. The largest absolute Gasteiger partial charge is 0.493 e. The molecule has 0 fully saturated rings. The molecule has 1 unspecified atom stereocenters. The number of hydrogen-bond acceptors (Lipinski definition) is 5. The Kier molecular flexibility index (Phi) is 4.91. The molecule has 0 saturated carbocycles. The summed E-state index contributed by atoms with van der Waals surface area (Å²) in [6.07, 6.45) is 1.15. The summed E-state index contributed by atoms with van der Waals surface area (Å²) in [6.45, 7) is 1.70. The van der Waals surface area contributed by atoms with Gasteiger partial charge in [-0.25, -0.2) is 13.1 Å². The van der Waals surface area contributed by atoms with E-state index in [-0.39, 0.29) is 4.90 Å². The maximum absolute atomic E-state index is 12.7. The molecule has 0 bridgehead atoms. The zero-order chi connectivity index (χ0) is 18.9. The fraction of sp³-hybridized carbons (Fsp3) is 0.316. The highest BCUT2D eigenvalue weighted by atomic mass is 32.2. The Labute approximate surface area is 153 Å². The van der Waals surface area contributed by atoms with Crippen LogP contribution in [0.2, 0.25) is 0 Å². The number of amides is 1. The standard InChI is InChI=1S/C19H21NO5S/c1-12-6-4-5-7-17(12)26(22,23)20-19(21)15-9-8-14-13(15)10-11-16(24-2)18(14)25-3/h4-7,10-11,15H,8-9H2,1-3H3,(H,20,21). The maximum Gasteiger partial charge on any atom is 0.264 e. The number of carbonyl (C=O) groups is 1. The van der Waals surface area contributed by atoms with E-state index in [4.69, 9.17) is 9.47 Å². The van der Waals surface area contributed by atoms with Crippen molar-refractivity contribution in [3.63, 3.8) is 0 Å². The van der Waals surface area contributed by atoms with Crippen molar-refractivity contribution in [2.24, 2.45) is 0 Å². The fourth-order valence-electron chi connectivity index (χ4n) is 3.42. The molecule has 0 spiro atoms. The smallest absolute Gasteiger partial charge is 0.264 e. The van der Waals surface area contributed by atoms with Crippen LogP contribution in [0.5, 0.6) is 11.5 Å². The minimum atomic E-state index is -3.91. The number of benzene rings is 2. The number of nitrogens with one attached hydrogen (secondary N) is 1. The zero-order valence-corrected chi connectivity index (χ0v) is 15.7. The van der Waals surface area contributed by atoms with Gasteiger partial charge in [-0.3, -0.25) is 4.79 Å². The third kappa shape index (κ3) is 3.14. The highest BCUT2D eigenvalue weighted by Crippen LogP contribution is 2.43.